The fourth-order valence-electron chi connectivity index (χ4n) is 2.05. The summed E-state index contributed by atoms with van der Waals surface area (Å²) in [4.78, 5) is 25.2. The number of ketones is 2. The van der Waals surface area contributed by atoms with Crippen LogP contribution < -0.4 is 0 Å². The Kier molecular flexibility index (Phi) is 6.15. The molecule has 0 aliphatic heterocycles. The van der Waals surface area contributed by atoms with Gasteiger partial charge in [0.15, 0.2) is 11.6 Å². The Morgan fingerprint density at radius 1 is 0.750 bits per heavy atom. The minimum absolute atomic E-state index is 0.245. The summed E-state index contributed by atoms with van der Waals surface area (Å²) in [6, 6.07) is 7.58. The van der Waals surface area contributed by atoms with Crippen molar-refractivity contribution in [3.8, 4) is 0 Å². The first-order valence-electron chi connectivity index (χ1n) is 6.91. The molecule has 0 radical (unpaired) electrons. The van der Waals surface area contributed by atoms with Crippen LogP contribution in [0.5, 0.6) is 0 Å². The van der Waals surface area contributed by atoms with Crippen molar-refractivity contribution >= 4 is 34.2 Å². The quantitative estimate of drug-likeness (QED) is 0.470. The maximum atomic E-state index is 11.8. The molecule has 0 atom stereocenters. The molecule has 0 aromatic carbocycles. The van der Waals surface area contributed by atoms with Crippen molar-refractivity contribution < 1.29 is 9.59 Å². The zero-order valence-electron chi connectivity index (χ0n) is 11.3. The van der Waals surface area contributed by atoms with Crippen molar-refractivity contribution in [2.45, 2.75) is 38.5 Å². The second-order valence-electron chi connectivity index (χ2n) is 4.72. The number of unbranched alkanes of at least 4 members (excludes halogenated alkanes) is 3. The van der Waals surface area contributed by atoms with Crippen molar-refractivity contribution in [3.05, 3.63) is 44.8 Å². The van der Waals surface area contributed by atoms with Gasteiger partial charge in [-0.25, -0.2) is 0 Å². The lowest BCUT2D eigenvalue weighted by atomic mass is 10.1. The number of hydrogen-bond donors (Lipinski definition) is 0. The molecule has 20 heavy (non-hydrogen) atoms. The van der Waals surface area contributed by atoms with Crippen LogP contribution in [-0.4, -0.2) is 11.6 Å². The monoisotopic (exact) mass is 306 g/mol. The van der Waals surface area contributed by atoms with Gasteiger partial charge in [-0.2, -0.15) is 0 Å². The van der Waals surface area contributed by atoms with Gasteiger partial charge >= 0.3 is 0 Å². The Bertz CT molecular complexity index is 477. The zero-order valence-corrected chi connectivity index (χ0v) is 13.0. The van der Waals surface area contributed by atoms with Crippen molar-refractivity contribution in [2.75, 3.05) is 0 Å². The standard InChI is InChI=1S/C16H18O2S2/c17-13(15-9-5-11-19-15)7-3-1-2-4-8-14(18)16-10-6-12-20-16/h5-6,9-12H,1-4,7-8H2. The normalized spacial score (nSPS) is 10.6. The van der Waals surface area contributed by atoms with E-state index in [1.165, 1.54) is 22.7 Å². The molecule has 0 aliphatic rings. The Balaban J connectivity index is 1.54. The third-order valence-electron chi connectivity index (χ3n) is 3.15. The highest BCUT2D eigenvalue weighted by atomic mass is 32.1. The Labute approximate surface area is 127 Å². The number of carbonyl (C=O) groups excluding carboxylic acids is 2. The van der Waals surface area contributed by atoms with Gasteiger partial charge in [0.1, 0.15) is 0 Å². The molecule has 2 aromatic heterocycles. The first kappa shape index (κ1) is 15.1. The van der Waals surface area contributed by atoms with Gasteiger partial charge in [-0.3, -0.25) is 9.59 Å². The van der Waals surface area contributed by atoms with E-state index in [4.69, 9.17) is 0 Å². The first-order valence-corrected chi connectivity index (χ1v) is 8.66. The minimum atomic E-state index is 0.245. The second-order valence-corrected chi connectivity index (χ2v) is 6.61. The summed E-state index contributed by atoms with van der Waals surface area (Å²) in [7, 11) is 0. The molecule has 2 heterocycles. The highest BCUT2D eigenvalue weighted by Gasteiger charge is 2.07. The van der Waals surface area contributed by atoms with Crippen LogP contribution in [0, 0.1) is 0 Å². The summed E-state index contributed by atoms with van der Waals surface area (Å²) in [5, 5.41) is 3.87. The minimum Gasteiger partial charge on any atom is -0.293 e. The molecule has 0 aliphatic carbocycles. The van der Waals surface area contributed by atoms with E-state index >= 15 is 0 Å². The van der Waals surface area contributed by atoms with Crippen molar-refractivity contribution in [1.29, 1.82) is 0 Å². The van der Waals surface area contributed by atoms with E-state index in [1.807, 2.05) is 35.0 Å². The average molecular weight is 306 g/mol. The van der Waals surface area contributed by atoms with E-state index < -0.39 is 0 Å². The smallest absolute Gasteiger partial charge is 0.172 e. The maximum Gasteiger partial charge on any atom is 0.172 e. The van der Waals surface area contributed by atoms with Gasteiger partial charge in [0.05, 0.1) is 9.75 Å². The molecule has 2 nitrogen and oxygen atoms in total. The lowest BCUT2D eigenvalue weighted by Gasteiger charge is -2.00. The number of thiophene rings is 2. The van der Waals surface area contributed by atoms with E-state index in [1.54, 1.807) is 0 Å². The summed E-state index contributed by atoms with van der Waals surface area (Å²) < 4.78 is 0. The molecule has 0 amide bonds. The Hall–Kier alpha value is -1.26. The number of Topliss-reactive ketones (excluding diaryl/α,β-unsaturated/α-hetero) is 2. The molecule has 0 bridgehead atoms. The Morgan fingerprint density at radius 2 is 1.20 bits per heavy atom. The maximum absolute atomic E-state index is 11.8. The number of rotatable bonds is 9. The molecule has 0 spiro atoms. The van der Waals surface area contributed by atoms with Crippen LogP contribution in [0.4, 0.5) is 0 Å². The second kappa shape index (κ2) is 8.12. The van der Waals surface area contributed by atoms with E-state index in [9.17, 15) is 9.59 Å². The topological polar surface area (TPSA) is 34.1 Å². The van der Waals surface area contributed by atoms with Gasteiger partial charge in [-0.15, -0.1) is 22.7 Å². The van der Waals surface area contributed by atoms with Crippen LogP contribution in [0.2, 0.25) is 0 Å². The summed E-state index contributed by atoms with van der Waals surface area (Å²) in [5.41, 5.74) is 0. The molecule has 0 N–H and O–H groups in total. The molecule has 4 heteroatoms. The lowest BCUT2D eigenvalue weighted by Crippen LogP contribution is -1.97. The number of hydrogen-bond acceptors (Lipinski definition) is 4. The number of carbonyl (C=O) groups is 2. The van der Waals surface area contributed by atoms with Crippen LogP contribution in [0.1, 0.15) is 57.9 Å². The van der Waals surface area contributed by atoms with Gasteiger partial charge in [0.25, 0.3) is 0 Å². The average Bonchev–Trinajstić information content (AvgIpc) is 3.14. The highest BCUT2D eigenvalue weighted by Crippen LogP contribution is 2.16. The van der Waals surface area contributed by atoms with Crippen LogP contribution in [-0.2, 0) is 0 Å². The van der Waals surface area contributed by atoms with Crippen molar-refractivity contribution in [1.82, 2.24) is 0 Å². The van der Waals surface area contributed by atoms with Crippen molar-refractivity contribution in [2.24, 2.45) is 0 Å². The van der Waals surface area contributed by atoms with Crippen LogP contribution in [0.3, 0.4) is 0 Å². The molecule has 0 saturated carbocycles. The summed E-state index contributed by atoms with van der Waals surface area (Å²) >= 11 is 3.02. The highest BCUT2D eigenvalue weighted by molar-refractivity contribution is 7.12. The van der Waals surface area contributed by atoms with Gasteiger partial charge < -0.3 is 0 Å². The summed E-state index contributed by atoms with van der Waals surface area (Å²) in [6.07, 6.45) is 5.14. The molecule has 106 valence electrons. The zero-order chi connectivity index (χ0) is 14.2. The van der Waals surface area contributed by atoms with E-state index in [-0.39, 0.29) is 11.6 Å². The first-order chi connectivity index (χ1) is 9.77. The SMILES string of the molecule is O=C(CCCCCCC(=O)c1cccs1)c1cccs1. The lowest BCUT2D eigenvalue weighted by molar-refractivity contribution is 0.0970. The van der Waals surface area contributed by atoms with E-state index in [0.29, 0.717) is 12.8 Å². The molecule has 0 saturated heterocycles. The van der Waals surface area contributed by atoms with Gasteiger partial charge in [-0.1, -0.05) is 25.0 Å². The van der Waals surface area contributed by atoms with Gasteiger partial charge in [-0.05, 0) is 35.7 Å². The molecular formula is C16H18O2S2. The summed E-state index contributed by atoms with van der Waals surface area (Å²) in [5.74, 6) is 0.490. The molecule has 2 rings (SSSR count). The molecule has 2 aromatic rings. The molecular weight excluding hydrogens is 288 g/mol. The summed E-state index contributed by atoms with van der Waals surface area (Å²) in [6.45, 7) is 0. The fraction of sp³-hybridized carbons (Fsp3) is 0.375. The third-order valence-corrected chi connectivity index (χ3v) is 4.97. The molecule has 0 fully saturated rings. The predicted octanol–water partition coefficient (Wildman–Crippen LogP) is 5.22. The fourth-order valence-corrected chi connectivity index (χ4v) is 3.43. The third kappa shape index (κ3) is 4.69. The Morgan fingerprint density at radius 3 is 1.55 bits per heavy atom. The van der Waals surface area contributed by atoms with E-state index in [2.05, 4.69) is 0 Å². The predicted molar refractivity (Wildman–Crippen MR) is 85.0 cm³/mol. The van der Waals surface area contributed by atoms with Crippen molar-refractivity contribution in [3.63, 3.8) is 0 Å². The van der Waals surface area contributed by atoms with Gasteiger partial charge in [0.2, 0.25) is 0 Å². The molecule has 0 unspecified atom stereocenters. The van der Waals surface area contributed by atoms with Gasteiger partial charge in [0, 0.05) is 12.8 Å². The van der Waals surface area contributed by atoms with E-state index in [0.717, 1.165) is 35.4 Å². The van der Waals surface area contributed by atoms with Crippen LogP contribution >= 0.6 is 22.7 Å². The largest absolute Gasteiger partial charge is 0.293 e. The van der Waals surface area contributed by atoms with Crippen LogP contribution in [0.25, 0.3) is 0 Å². The van der Waals surface area contributed by atoms with Crippen LogP contribution in [0.15, 0.2) is 35.0 Å².